The number of hydrogen-bond acceptors (Lipinski definition) is 3. The summed E-state index contributed by atoms with van der Waals surface area (Å²) in [4.78, 5) is 12.3. The molecule has 0 radical (unpaired) electrons. The summed E-state index contributed by atoms with van der Waals surface area (Å²) in [5, 5.41) is 2.84. The van der Waals surface area contributed by atoms with Crippen molar-refractivity contribution in [3.8, 4) is 5.75 Å². The molecule has 3 N–H and O–H groups in total. The lowest BCUT2D eigenvalue weighted by Crippen LogP contribution is -2.14. The van der Waals surface area contributed by atoms with E-state index in [0.29, 0.717) is 22.7 Å². The summed E-state index contributed by atoms with van der Waals surface area (Å²) in [6.07, 6.45) is 0. The van der Waals surface area contributed by atoms with Gasteiger partial charge in [-0.3, -0.25) is 4.79 Å². The molecule has 0 aliphatic heterocycles. The smallest absolute Gasteiger partial charge is 0.256 e. The zero-order chi connectivity index (χ0) is 14.7. The van der Waals surface area contributed by atoms with Gasteiger partial charge in [-0.15, -0.1) is 0 Å². The number of carbonyl (C=O) groups excluding carboxylic acids is 1. The minimum atomic E-state index is -0.199. The van der Waals surface area contributed by atoms with Crippen molar-refractivity contribution in [2.45, 2.75) is 6.92 Å². The number of nitrogens with two attached hydrogens (primary N) is 1. The van der Waals surface area contributed by atoms with Crippen LogP contribution in [0.15, 0.2) is 40.9 Å². The largest absolute Gasteiger partial charge is 0.497 e. The minimum Gasteiger partial charge on any atom is -0.497 e. The first-order chi connectivity index (χ1) is 9.51. The highest BCUT2D eigenvalue weighted by Gasteiger charge is 2.11. The van der Waals surface area contributed by atoms with Crippen molar-refractivity contribution in [2.24, 2.45) is 0 Å². The molecule has 104 valence electrons. The number of carbonyl (C=O) groups is 1. The van der Waals surface area contributed by atoms with Crippen LogP contribution in [-0.4, -0.2) is 13.0 Å². The van der Waals surface area contributed by atoms with Gasteiger partial charge in [0, 0.05) is 27.5 Å². The van der Waals surface area contributed by atoms with Gasteiger partial charge >= 0.3 is 0 Å². The summed E-state index contributed by atoms with van der Waals surface area (Å²) >= 11 is 3.37. The van der Waals surface area contributed by atoms with Gasteiger partial charge in [0.25, 0.3) is 5.91 Å². The van der Waals surface area contributed by atoms with Crippen molar-refractivity contribution < 1.29 is 9.53 Å². The van der Waals surface area contributed by atoms with E-state index >= 15 is 0 Å². The fourth-order valence-corrected chi connectivity index (χ4v) is 2.32. The predicted octanol–water partition coefficient (Wildman–Crippen LogP) is 3.60. The highest BCUT2D eigenvalue weighted by Crippen LogP contribution is 2.25. The second-order valence-corrected chi connectivity index (χ2v) is 5.27. The third-order valence-corrected chi connectivity index (χ3v) is 3.44. The topological polar surface area (TPSA) is 64.3 Å². The van der Waals surface area contributed by atoms with E-state index in [4.69, 9.17) is 10.5 Å². The van der Waals surface area contributed by atoms with Crippen LogP contribution in [0.4, 0.5) is 11.4 Å². The second kappa shape index (κ2) is 5.96. The molecule has 0 spiro atoms. The Balaban J connectivity index is 2.28. The van der Waals surface area contributed by atoms with Gasteiger partial charge in [0.05, 0.1) is 7.11 Å². The number of nitrogen functional groups attached to an aromatic ring is 1. The molecule has 1 amide bonds. The van der Waals surface area contributed by atoms with E-state index in [-0.39, 0.29) is 5.91 Å². The summed E-state index contributed by atoms with van der Waals surface area (Å²) < 4.78 is 5.99. The zero-order valence-electron chi connectivity index (χ0n) is 11.2. The maximum atomic E-state index is 12.3. The van der Waals surface area contributed by atoms with Gasteiger partial charge in [-0.25, -0.2) is 0 Å². The third kappa shape index (κ3) is 3.11. The van der Waals surface area contributed by atoms with E-state index in [9.17, 15) is 4.79 Å². The average molecular weight is 335 g/mol. The number of nitrogens with one attached hydrogen (secondary N) is 1. The van der Waals surface area contributed by atoms with E-state index in [1.54, 1.807) is 31.4 Å². The first kappa shape index (κ1) is 14.4. The number of methoxy groups -OCH3 is 1. The molecule has 0 fully saturated rings. The fraction of sp³-hybridized carbons (Fsp3) is 0.133. The van der Waals surface area contributed by atoms with Gasteiger partial charge in [0.2, 0.25) is 0 Å². The normalized spacial score (nSPS) is 10.2. The molecule has 0 unspecified atom stereocenters. The Morgan fingerprint density at radius 1 is 1.30 bits per heavy atom. The predicted molar refractivity (Wildman–Crippen MR) is 84.2 cm³/mol. The van der Waals surface area contributed by atoms with Crippen molar-refractivity contribution in [3.05, 3.63) is 52.0 Å². The molecule has 2 rings (SSSR count). The van der Waals surface area contributed by atoms with Crippen LogP contribution in [0.1, 0.15) is 15.9 Å². The number of halogens is 1. The Morgan fingerprint density at radius 2 is 2.05 bits per heavy atom. The van der Waals surface area contributed by atoms with Crippen molar-refractivity contribution in [3.63, 3.8) is 0 Å². The SMILES string of the molecule is COc1cc(Br)cc(NC(=O)c2cccc(N)c2C)c1. The number of amides is 1. The van der Waals surface area contributed by atoms with Crippen LogP contribution >= 0.6 is 15.9 Å². The Kier molecular flexibility index (Phi) is 4.29. The number of anilines is 2. The lowest BCUT2D eigenvalue weighted by molar-refractivity contribution is 0.102. The highest BCUT2D eigenvalue weighted by molar-refractivity contribution is 9.10. The monoisotopic (exact) mass is 334 g/mol. The van der Waals surface area contributed by atoms with Gasteiger partial charge in [-0.05, 0) is 36.8 Å². The molecule has 0 saturated carbocycles. The molecule has 20 heavy (non-hydrogen) atoms. The summed E-state index contributed by atoms with van der Waals surface area (Å²) in [6, 6.07) is 10.7. The molecule has 2 aromatic carbocycles. The van der Waals surface area contributed by atoms with Crippen molar-refractivity contribution in [2.75, 3.05) is 18.2 Å². The molecular formula is C15H15BrN2O2. The molecule has 0 heterocycles. The van der Waals surface area contributed by atoms with Crippen LogP contribution in [0, 0.1) is 6.92 Å². The van der Waals surface area contributed by atoms with E-state index in [0.717, 1.165) is 10.0 Å². The van der Waals surface area contributed by atoms with Gasteiger partial charge in [0.15, 0.2) is 0 Å². The van der Waals surface area contributed by atoms with E-state index < -0.39 is 0 Å². The molecule has 5 heteroatoms. The van der Waals surface area contributed by atoms with Crippen LogP contribution in [0.3, 0.4) is 0 Å². The summed E-state index contributed by atoms with van der Waals surface area (Å²) in [5.41, 5.74) is 8.40. The quantitative estimate of drug-likeness (QED) is 0.843. The van der Waals surface area contributed by atoms with Gasteiger partial charge in [0.1, 0.15) is 5.75 Å². The molecule has 0 aliphatic carbocycles. The molecule has 0 bridgehead atoms. The van der Waals surface area contributed by atoms with E-state index in [1.165, 1.54) is 0 Å². The lowest BCUT2D eigenvalue weighted by Gasteiger charge is -2.10. The molecule has 0 aromatic heterocycles. The third-order valence-electron chi connectivity index (χ3n) is 2.99. The molecular weight excluding hydrogens is 320 g/mol. The summed E-state index contributed by atoms with van der Waals surface area (Å²) in [6.45, 7) is 1.83. The number of rotatable bonds is 3. The van der Waals surface area contributed by atoms with Crippen molar-refractivity contribution in [1.82, 2.24) is 0 Å². The standard InChI is InChI=1S/C15H15BrN2O2/c1-9-13(4-3-5-14(9)17)15(19)18-11-6-10(16)7-12(8-11)20-2/h3-8H,17H2,1-2H3,(H,18,19). The summed E-state index contributed by atoms with van der Waals surface area (Å²) in [5.74, 6) is 0.467. The Hall–Kier alpha value is -2.01. The maximum absolute atomic E-state index is 12.3. The first-order valence-electron chi connectivity index (χ1n) is 6.02. The van der Waals surface area contributed by atoms with Crippen molar-refractivity contribution in [1.29, 1.82) is 0 Å². The Bertz CT molecular complexity index is 656. The average Bonchev–Trinajstić information content (AvgIpc) is 2.41. The van der Waals surface area contributed by atoms with Gasteiger partial charge in [-0.1, -0.05) is 22.0 Å². The lowest BCUT2D eigenvalue weighted by atomic mass is 10.1. The second-order valence-electron chi connectivity index (χ2n) is 4.35. The molecule has 4 nitrogen and oxygen atoms in total. The molecule has 0 saturated heterocycles. The maximum Gasteiger partial charge on any atom is 0.256 e. The minimum absolute atomic E-state index is 0.199. The molecule has 2 aromatic rings. The van der Waals surface area contributed by atoms with Crippen LogP contribution in [0.25, 0.3) is 0 Å². The zero-order valence-corrected chi connectivity index (χ0v) is 12.8. The Labute approximate surface area is 126 Å². The van der Waals surface area contributed by atoms with Crippen LogP contribution < -0.4 is 15.8 Å². The van der Waals surface area contributed by atoms with Crippen molar-refractivity contribution >= 4 is 33.2 Å². The molecule has 0 aliphatic rings. The number of ether oxygens (including phenoxy) is 1. The highest BCUT2D eigenvalue weighted by atomic mass is 79.9. The van der Waals surface area contributed by atoms with Crippen LogP contribution in [-0.2, 0) is 0 Å². The van der Waals surface area contributed by atoms with Crippen LogP contribution in [0.2, 0.25) is 0 Å². The number of benzene rings is 2. The molecule has 0 atom stereocenters. The van der Waals surface area contributed by atoms with Gasteiger partial charge in [-0.2, -0.15) is 0 Å². The fourth-order valence-electron chi connectivity index (χ4n) is 1.85. The van der Waals surface area contributed by atoms with E-state index in [1.807, 2.05) is 19.1 Å². The summed E-state index contributed by atoms with van der Waals surface area (Å²) in [7, 11) is 1.58. The van der Waals surface area contributed by atoms with E-state index in [2.05, 4.69) is 21.2 Å². The number of hydrogen-bond donors (Lipinski definition) is 2. The Morgan fingerprint density at radius 3 is 2.75 bits per heavy atom. The first-order valence-corrected chi connectivity index (χ1v) is 6.81. The van der Waals surface area contributed by atoms with Crippen LogP contribution in [0.5, 0.6) is 5.75 Å². The van der Waals surface area contributed by atoms with Gasteiger partial charge < -0.3 is 15.8 Å².